The predicted molar refractivity (Wildman–Crippen MR) is 82.2 cm³/mol. The monoisotopic (exact) mass is 356 g/mol. The van der Waals surface area contributed by atoms with Crippen LogP contribution in [0.15, 0.2) is 22.7 Å². The van der Waals surface area contributed by atoms with Crippen LogP contribution in [0.25, 0.3) is 0 Å². The van der Waals surface area contributed by atoms with Crippen LogP contribution in [0.2, 0.25) is 0 Å². The van der Waals surface area contributed by atoms with E-state index in [4.69, 9.17) is 0 Å². The number of carbonyl (C=O) groups excluding carboxylic acids is 2. The highest BCUT2D eigenvalue weighted by atomic mass is 79.9. The van der Waals surface area contributed by atoms with Gasteiger partial charge in [-0.15, -0.1) is 0 Å². The maximum Gasteiger partial charge on any atom is 0.237 e. The number of hydrogen-bond donors (Lipinski definition) is 2. The van der Waals surface area contributed by atoms with Gasteiger partial charge in [-0.3, -0.25) is 9.59 Å². The normalized spacial score (nSPS) is 22.0. The van der Waals surface area contributed by atoms with Crippen molar-refractivity contribution in [3.05, 3.63) is 28.5 Å². The van der Waals surface area contributed by atoms with Gasteiger partial charge in [-0.05, 0) is 39.5 Å². The lowest BCUT2D eigenvalue weighted by Gasteiger charge is -2.29. The second kappa shape index (κ2) is 5.75. The van der Waals surface area contributed by atoms with Crippen LogP contribution in [0.5, 0.6) is 0 Å². The molecule has 0 radical (unpaired) electrons. The van der Waals surface area contributed by atoms with Crippen molar-refractivity contribution in [2.45, 2.75) is 20.8 Å². The number of carbonyl (C=O) groups is 2. The summed E-state index contributed by atoms with van der Waals surface area (Å²) < 4.78 is 13.5. The molecule has 2 amide bonds. The van der Waals surface area contributed by atoms with Crippen LogP contribution < -0.4 is 10.6 Å². The Morgan fingerprint density at radius 1 is 1.43 bits per heavy atom. The highest BCUT2D eigenvalue weighted by Gasteiger charge is 2.45. The second-order valence-corrected chi connectivity index (χ2v) is 7.16. The second-order valence-electron chi connectivity index (χ2n) is 6.31. The van der Waals surface area contributed by atoms with Crippen LogP contribution in [0, 0.1) is 23.1 Å². The number of amides is 2. The molecule has 1 heterocycles. The largest absolute Gasteiger partial charge is 0.355 e. The average Bonchev–Trinajstić information content (AvgIpc) is 2.74. The van der Waals surface area contributed by atoms with Crippen LogP contribution in [0.1, 0.15) is 20.8 Å². The fraction of sp³-hybridized carbons (Fsp3) is 0.467. The van der Waals surface area contributed by atoms with E-state index in [9.17, 15) is 14.0 Å². The lowest BCUT2D eigenvalue weighted by molar-refractivity contribution is -0.132. The van der Waals surface area contributed by atoms with E-state index in [0.717, 1.165) is 0 Å². The summed E-state index contributed by atoms with van der Waals surface area (Å²) in [5, 5.41) is 5.44. The standard InChI is InChI=1S/C15H18BrFN2O2/c1-15(2,3)9-7-18-13(20)12(9)14(21)19-11-5-4-8(17)6-10(11)16/h4-6,9,12H,7H2,1-3H3,(H,18,20)(H,19,21)/t9-,12+/m0/s1. The highest BCUT2D eigenvalue weighted by molar-refractivity contribution is 9.10. The molecule has 0 aliphatic carbocycles. The molecular formula is C15H18BrFN2O2. The molecule has 0 saturated carbocycles. The minimum atomic E-state index is -0.734. The Labute approximate surface area is 131 Å². The zero-order chi connectivity index (χ0) is 15.8. The topological polar surface area (TPSA) is 58.2 Å². The van der Waals surface area contributed by atoms with Gasteiger partial charge in [-0.2, -0.15) is 0 Å². The Kier molecular flexibility index (Phi) is 4.37. The molecule has 2 atom stereocenters. The Bertz CT molecular complexity index is 584. The molecule has 1 aliphatic heterocycles. The summed E-state index contributed by atoms with van der Waals surface area (Å²) in [6.07, 6.45) is 0. The SMILES string of the molecule is CC(C)(C)[C@H]1CNC(=O)[C@@H]1C(=O)Nc1ccc(F)cc1Br. The number of rotatable bonds is 2. The van der Waals surface area contributed by atoms with Gasteiger partial charge in [0.05, 0.1) is 5.69 Å². The molecule has 0 spiro atoms. The first-order valence-electron chi connectivity index (χ1n) is 6.74. The van der Waals surface area contributed by atoms with Crippen LogP contribution in [0.3, 0.4) is 0 Å². The molecule has 2 rings (SSSR count). The van der Waals surface area contributed by atoms with E-state index in [-0.39, 0.29) is 23.1 Å². The zero-order valence-electron chi connectivity index (χ0n) is 12.2. The molecule has 114 valence electrons. The van der Waals surface area contributed by atoms with Gasteiger partial charge in [-0.25, -0.2) is 4.39 Å². The zero-order valence-corrected chi connectivity index (χ0v) is 13.8. The molecule has 1 saturated heterocycles. The van der Waals surface area contributed by atoms with E-state index < -0.39 is 11.7 Å². The van der Waals surface area contributed by atoms with Crippen molar-refractivity contribution in [2.24, 2.45) is 17.3 Å². The van der Waals surface area contributed by atoms with Crippen LogP contribution in [0.4, 0.5) is 10.1 Å². The molecule has 1 fully saturated rings. The Balaban J connectivity index is 2.20. The van der Waals surface area contributed by atoms with E-state index in [2.05, 4.69) is 26.6 Å². The first-order chi connectivity index (χ1) is 9.70. The minimum absolute atomic E-state index is 0.0794. The maximum absolute atomic E-state index is 13.1. The van der Waals surface area contributed by atoms with Gasteiger partial charge >= 0.3 is 0 Å². The van der Waals surface area contributed by atoms with Gasteiger partial charge in [0, 0.05) is 16.9 Å². The Hall–Kier alpha value is -1.43. The fourth-order valence-electron chi connectivity index (χ4n) is 2.53. The third-order valence-electron chi connectivity index (χ3n) is 3.76. The molecule has 0 unspecified atom stereocenters. The third kappa shape index (κ3) is 3.43. The van der Waals surface area contributed by atoms with Crippen molar-refractivity contribution in [1.82, 2.24) is 5.32 Å². The van der Waals surface area contributed by atoms with Crippen molar-refractivity contribution in [3.8, 4) is 0 Å². The van der Waals surface area contributed by atoms with Crippen molar-refractivity contribution in [2.75, 3.05) is 11.9 Å². The summed E-state index contributed by atoms with van der Waals surface area (Å²) in [7, 11) is 0. The van der Waals surface area contributed by atoms with Gasteiger partial charge in [0.1, 0.15) is 11.7 Å². The van der Waals surface area contributed by atoms with Gasteiger partial charge in [0.25, 0.3) is 0 Å². The van der Waals surface area contributed by atoms with E-state index in [1.807, 2.05) is 20.8 Å². The molecule has 21 heavy (non-hydrogen) atoms. The molecular weight excluding hydrogens is 339 g/mol. The lowest BCUT2D eigenvalue weighted by Crippen LogP contribution is -2.37. The predicted octanol–water partition coefficient (Wildman–Crippen LogP) is 2.94. The molecule has 1 aliphatic rings. The molecule has 2 N–H and O–H groups in total. The van der Waals surface area contributed by atoms with Crippen molar-refractivity contribution in [1.29, 1.82) is 0 Å². The average molecular weight is 357 g/mol. The first kappa shape index (κ1) is 15.9. The van der Waals surface area contributed by atoms with E-state index in [1.165, 1.54) is 18.2 Å². The summed E-state index contributed by atoms with van der Waals surface area (Å²) >= 11 is 3.20. The lowest BCUT2D eigenvalue weighted by atomic mass is 9.74. The van der Waals surface area contributed by atoms with Crippen molar-refractivity contribution in [3.63, 3.8) is 0 Å². The van der Waals surface area contributed by atoms with E-state index in [0.29, 0.717) is 16.7 Å². The summed E-state index contributed by atoms with van der Waals surface area (Å²) in [6.45, 7) is 6.51. The summed E-state index contributed by atoms with van der Waals surface area (Å²) in [5.74, 6) is -1.83. The molecule has 4 nitrogen and oxygen atoms in total. The number of anilines is 1. The number of halogens is 2. The van der Waals surface area contributed by atoms with Crippen LogP contribution in [-0.2, 0) is 9.59 Å². The summed E-state index contributed by atoms with van der Waals surface area (Å²) in [6, 6.07) is 4.00. The minimum Gasteiger partial charge on any atom is -0.355 e. The summed E-state index contributed by atoms with van der Waals surface area (Å²) in [5.41, 5.74) is 0.287. The maximum atomic E-state index is 13.1. The van der Waals surface area contributed by atoms with Gasteiger partial charge in [-0.1, -0.05) is 20.8 Å². The van der Waals surface area contributed by atoms with Crippen LogP contribution >= 0.6 is 15.9 Å². The fourth-order valence-corrected chi connectivity index (χ4v) is 2.98. The molecule has 1 aromatic rings. The van der Waals surface area contributed by atoms with Gasteiger partial charge < -0.3 is 10.6 Å². The third-order valence-corrected chi connectivity index (χ3v) is 4.42. The van der Waals surface area contributed by atoms with Crippen molar-refractivity contribution < 1.29 is 14.0 Å². The number of nitrogens with one attached hydrogen (secondary N) is 2. The molecule has 0 aromatic heterocycles. The number of benzene rings is 1. The molecule has 0 bridgehead atoms. The Morgan fingerprint density at radius 3 is 2.67 bits per heavy atom. The molecule has 6 heteroatoms. The van der Waals surface area contributed by atoms with E-state index >= 15 is 0 Å². The molecule has 1 aromatic carbocycles. The van der Waals surface area contributed by atoms with Crippen LogP contribution in [-0.4, -0.2) is 18.4 Å². The quantitative estimate of drug-likeness (QED) is 0.800. The summed E-state index contributed by atoms with van der Waals surface area (Å²) in [4.78, 5) is 24.4. The number of hydrogen-bond acceptors (Lipinski definition) is 2. The van der Waals surface area contributed by atoms with Gasteiger partial charge in [0.15, 0.2) is 0 Å². The first-order valence-corrected chi connectivity index (χ1v) is 7.53. The highest BCUT2D eigenvalue weighted by Crippen LogP contribution is 2.36. The smallest absolute Gasteiger partial charge is 0.237 e. The Morgan fingerprint density at radius 2 is 2.10 bits per heavy atom. The van der Waals surface area contributed by atoms with Gasteiger partial charge in [0.2, 0.25) is 11.8 Å². The van der Waals surface area contributed by atoms with Crippen molar-refractivity contribution >= 4 is 33.4 Å². The van der Waals surface area contributed by atoms with E-state index in [1.54, 1.807) is 0 Å².